The lowest BCUT2D eigenvalue weighted by molar-refractivity contribution is -0.119. The van der Waals surface area contributed by atoms with Crippen molar-refractivity contribution in [1.82, 2.24) is 0 Å². The third kappa shape index (κ3) is 4.15. The minimum absolute atomic E-state index is 0.00673. The van der Waals surface area contributed by atoms with E-state index < -0.39 is 13.0 Å². The third-order valence-electron chi connectivity index (χ3n) is 2.98. The van der Waals surface area contributed by atoms with Crippen molar-refractivity contribution >= 4 is 17.4 Å². The number of halogens is 3. The Hall–Kier alpha value is -1.20. The number of hydrogen-bond acceptors (Lipinski definition) is 3. The third-order valence-corrected chi connectivity index (χ3v) is 3.20. The highest BCUT2D eigenvalue weighted by Crippen LogP contribution is 2.33. The van der Waals surface area contributed by atoms with Crippen LogP contribution >= 0.6 is 11.6 Å². The number of Topliss-reactive ketones (excluding diaryl/α,β-unsaturated/α-hetero) is 1. The normalized spacial score (nSPS) is 13.4. The van der Waals surface area contributed by atoms with Gasteiger partial charge in [0.2, 0.25) is 0 Å². The number of rotatable bonds is 7. The largest absolute Gasteiger partial charge is 0.493 e. The maximum Gasteiger partial charge on any atom is 0.261 e. The van der Waals surface area contributed by atoms with Crippen molar-refractivity contribution in [2.24, 2.45) is 0 Å². The lowest BCUT2D eigenvalue weighted by atomic mass is 10.0. The van der Waals surface area contributed by atoms with Gasteiger partial charge in [-0.1, -0.05) is 11.6 Å². The van der Waals surface area contributed by atoms with Crippen molar-refractivity contribution in [3.8, 4) is 5.75 Å². The Morgan fingerprint density at radius 2 is 2.25 bits per heavy atom. The number of hydrogen-bond donors (Lipinski definition) is 0. The molecule has 0 aromatic heterocycles. The lowest BCUT2D eigenvalue weighted by Crippen LogP contribution is -2.11. The fourth-order valence-electron chi connectivity index (χ4n) is 2.14. The second-order valence-corrected chi connectivity index (χ2v) is 5.02. The summed E-state index contributed by atoms with van der Waals surface area (Å²) in [5, 5.41) is 0.575. The maximum atomic E-state index is 11.9. The van der Waals surface area contributed by atoms with E-state index >= 15 is 0 Å². The van der Waals surface area contributed by atoms with Crippen LogP contribution in [0, 0.1) is 0 Å². The molecule has 0 radical (unpaired) electrons. The second-order valence-electron chi connectivity index (χ2n) is 4.58. The molecule has 0 spiro atoms. The Bertz CT molecular complexity index is 492. The van der Waals surface area contributed by atoms with Crippen molar-refractivity contribution in [3.63, 3.8) is 0 Å². The fraction of sp³-hybridized carbons (Fsp3) is 0.500. The van der Waals surface area contributed by atoms with Crippen molar-refractivity contribution in [3.05, 3.63) is 28.3 Å². The van der Waals surface area contributed by atoms with E-state index in [1.807, 2.05) is 6.07 Å². The topological polar surface area (TPSA) is 35.5 Å². The van der Waals surface area contributed by atoms with Crippen LogP contribution in [0.5, 0.6) is 5.75 Å². The molecule has 1 aliphatic rings. The van der Waals surface area contributed by atoms with E-state index in [9.17, 15) is 13.6 Å². The van der Waals surface area contributed by atoms with Crippen molar-refractivity contribution in [1.29, 1.82) is 0 Å². The first-order valence-corrected chi connectivity index (χ1v) is 6.75. The van der Waals surface area contributed by atoms with Gasteiger partial charge in [-0.2, -0.15) is 0 Å². The molecule has 0 aliphatic carbocycles. The van der Waals surface area contributed by atoms with Gasteiger partial charge in [0.1, 0.15) is 18.1 Å². The van der Waals surface area contributed by atoms with Crippen LogP contribution in [0.25, 0.3) is 0 Å². The second kappa shape index (κ2) is 6.99. The molecule has 1 aliphatic heterocycles. The molecule has 0 N–H and O–H groups in total. The Kier molecular flexibility index (Phi) is 5.31. The number of carbonyl (C=O) groups excluding carboxylic acids is 1. The molecule has 1 aromatic carbocycles. The van der Waals surface area contributed by atoms with Crippen molar-refractivity contribution in [2.45, 2.75) is 25.7 Å². The van der Waals surface area contributed by atoms with Crippen molar-refractivity contribution < 1.29 is 23.0 Å². The van der Waals surface area contributed by atoms with Gasteiger partial charge in [0.15, 0.2) is 0 Å². The van der Waals surface area contributed by atoms with E-state index in [0.29, 0.717) is 11.6 Å². The van der Waals surface area contributed by atoms with Crippen LogP contribution in [0.2, 0.25) is 5.02 Å². The average Bonchev–Trinajstić information content (AvgIpc) is 2.82. The van der Waals surface area contributed by atoms with Gasteiger partial charge in [0, 0.05) is 29.8 Å². The molecule has 0 bridgehead atoms. The first kappa shape index (κ1) is 15.2. The highest BCUT2D eigenvalue weighted by molar-refractivity contribution is 6.30. The van der Waals surface area contributed by atoms with Gasteiger partial charge in [-0.15, -0.1) is 0 Å². The summed E-state index contributed by atoms with van der Waals surface area (Å²) in [5.74, 6) is 0.649. The van der Waals surface area contributed by atoms with Crippen LogP contribution in [0.15, 0.2) is 12.1 Å². The highest BCUT2D eigenvalue weighted by Gasteiger charge is 2.19. The molecule has 0 saturated carbocycles. The summed E-state index contributed by atoms with van der Waals surface area (Å²) >= 11 is 6.00. The van der Waals surface area contributed by atoms with E-state index in [0.717, 1.165) is 23.3 Å². The molecule has 0 fully saturated rings. The molecule has 2 rings (SSSR count). The van der Waals surface area contributed by atoms with Gasteiger partial charge < -0.3 is 9.47 Å². The predicted molar refractivity (Wildman–Crippen MR) is 70.8 cm³/mol. The zero-order valence-electron chi connectivity index (χ0n) is 10.8. The summed E-state index contributed by atoms with van der Waals surface area (Å²) in [7, 11) is 0. The van der Waals surface area contributed by atoms with Gasteiger partial charge in [0.25, 0.3) is 6.43 Å². The highest BCUT2D eigenvalue weighted by atomic mass is 35.5. The van der Waals surface area contributed by atoms with Crippen LogP contribution in [0.4, 0.5) is 8.78 Å². The molecular formula is C14H15ClF2O3. The van der Waals surface area contributed by atoms with Gasteiger partial charge >= 0.3 is 0 Å². The molecule has 1 heterocycles. The van der Waals surface area contributed by atoms with Crippen LogP contribution < -0.4 is 4.74 Å². The Morgan fingerprint density at radius 3 is 3.00 bits per heavy atom. The Balaban J connectivity index is 1.88. The Labute approximate surface area is 120 Å². The SMILES string of the molecule is O=C(CCOCC(F)F)Cc1cc(Cl)cc2c1OCC2. The molecule has 3 nitrogen and oxygen atoms in total. The molecule has 0 amide bonds. The minimum atomic E-state index is -2.50. The monoisotopic (exact) mass is 304 g/mol. The van der Waals surface area contributed by atoms with Crippen LogP contribution in [0.1, 0.15) is 17.5 Å². The molecule has 6 heteroatoms. The quantitative estimate of drug-likeness (QED) is 0.726. The van der Waals surface area contributed by atoms with Crippen LogP contribution in [-0.4, -0.2) is 32.0 Å². The minimum Gasteiger partial charge on any atom is -0.493 e. The number of ether oxygens (including phenoxy) is 2. The molecule has 20 heavy (non-hydrogen) atoms. The number of ketones is 1. The molecular weight excluding hydrogens is 290 g/mol. The molecule has 1 aromatic rings. The zero-order valence-corrected chi connectivity index (χ0v) is 11.6. The van der Waals surface area contributed by atoms with E-state index in [1.54, 1.807) is 6.07 Å². The number of fused-ring (bicyclic) bond motifs is 1. The zero-order chi connectivity index (χ0) is 14.5. The summed E-state index contributed by atoms with van der Waals surface area (Å²) in [6.45, 7) is -0.0376. The summed E-state index contributed by atoms with van der Waals surface area (Å²) in [6, 6.07) is 3.55. The summed E-state index contributed by atoms with van der Waals surface area (Å²) < 4.78 is 33.9. The number of benzene rings is 1. The number of alkyl halides is 2. The molecule has 0 saturated heterocycles. The van der Waals surface area contributed by atoms with Gasteiger partial charge in [-0.3, -0.25) is 4.79 Å². The smallest absolute Gasteiger partial charge is 0.261 e. The maximum absolute atomic E-state index is 11.9. The Morgan fingerprint density at radius 1 is 1.45 bits per heavy atom. The van der Waals surface area contributed by atoms with E-state index in [4.69, 9.17) is 21.1 Å². The predicted octanol–water partition coefficient (Wildman–Crippen LogP) is 3.06. The molecule has 0 atom stereocenters. The summed E-state index contributed by atoms with van der Waals surface area (Å²) in [5.41, 5.74) is 1.76. The van der Waals surface area contributed by atoms with E-state index in [-0.39, 0.29) is 25.2 Å². The lowest BCUT2D eigenvalue weighted by Gasteiger charge is -2.08. The van der Waals surface area contributed by atoms with Crippen LogP contribution in [-0.2, 0) is 22.4 Å². The van der Waals surface area contributed by atoms with E-state index in [1.165, 1.54) is 0 Å². The first-order valence-electron chi connectivity index (χ1n) is 6.38. The van der Waals surface area contributed by atoms with Crippen molar-refractivity contribution in [2.75, 3.05) is 19.8 Å². The van der Waals surface area contributed by atoms with Crippen LogP contribution in [0.3, 0.4) is 0 Å². The standard InChI is InChI=1S/C14H15ClF2O3/c15-11-5-9-1-4-20-14(9)10(6-11)7-12(18)2-3-19-8-13(16)17/h5-6,13H,1-4,7-8H2. The number of carbonyl (C=O) groups is 1. The average molecular weight is 305 g/mol. The first-order chi connectivity index (χ1) is 9.56. The van der Waals surface area contributed by atoms with Gasteiger partial charge in [-0.05, 0) is 17.7 Å². The van der Waals surface area contributed by atoms with Gasteiger partial charge in [-0.25, -0.2) is 8.78 Å². The van der Waals surface area contributed by atoms with E-state index in [2.05, 4.69) is 0 Å². The van der Waals surface area contributed by atoms with Gasteiger partial charge in [0.05, 0.1) is 13.2 Å². The summed E-state index contributed by atoms with van der Waals surface area (Å²) in [6.07, 6.45) is -1.43. The summed E-state index contributed by atoms with van der Waals surface area (Å²) in [4.78, 5) is 11.8. The fourth-order valence-corrected chi connectivity index (χ4v) is 2.40. The molecule has 0 unspecified atom stereocenters. The molecule has 110 valence electrons.